The van der Waals surface area contributed by atoms with Crippen molar-refractivity contribution in [3.8, 4) is 0 Å². The highest BCUT2D eigenvalue weighted by Gasteiger charge is 2.39. The summed E-state index contributed by atoms with van der Waals surface area (Å²) < 4.78 is -0.503. The van der Waals surface area contributed by atoms with Crippen molar-refractivity contribution in [2.75, 3.05) is 0 Å². The number of halogens is 1. The summed E-state index contributed by atoms with van der Waals surface area (Å²) in [6, 6.07) is 20.7. The molecule has 0 radical (unpaired) electrons. The molecule has 0 fully saturated rings. The molecule has 0 bridgehead atoms. The van der Waals surface area contributed by atoms with Gasteiger partial charge in [-0.05, 0) is 5.56 Å². The van der Waals surface area contributed by atoms with Crippen molar-refractivity contribution in [1.29, 1.82) is 0 Å². The average Bonchev–Trinajstić information content (AvgIpc) is 2.49. The Kier molecular flexibility index (Phi) is 3.31. The van der Waals surface area contributed by atoms with Gasteiger partial charge in [0.1, 0.15) is 0 Å². The molecule has 0 saturated heterocycles. The lowest BCUT2D eigenvalue weighted by molar-refractivity contribution is 1.07. The SMILES string of the molecule is ClC1(c2ccccc2)C=CC=CB1c1ccccc1. The topological polar surface area (TPSA) is 0 Å². The molecular weight excluding hydrogens is 250 g/mol. The lowest BCUT2D eigenvalue weighted by Crippen LogP contribution is -2.46. The van der Waals surface area contributed by atoms with Crippen LogP contribution >= 0.6 is 11.6 Å². The summed E-state index contributed by atoms with van der Waals surface area (Å²) in [7, 11) is 0. The summed E-state index contributed by atoms with van der Waals surface area (Å²) >= 11 is 6.96. The van der Waals surface area contributed by atoms with Crippen molar-refractivity contribution in [2.45, 2.75) is 4.77 Å². The number of hydrogen-bond acceptors (Lipinski definition) is 0. The fourth-order valence-electron chi connectivity index (χ4n) is 2.60. The van der Waals surface area contributed by atoms with E-state index >= 15 is 0 Å². The summed E-state index contributed by atoms with van der Waals surface area (Å²) in [4.78, 5) is 0. The van der Waals surface area contributed by atoms with E-state index in [1.165, 1.54) is 5.46 Å². The number of rotatable bonds is 2. The first-order chi connectivity index (χ1) is 9.31. The Morgan fingerprint density at radius 1 is 0.789 bits per heavy atom. The second-order valence-corrected chi connectivity index (χ2v) is 5.39. The van der Waals surface area contributed by atoms with Crippen molar-refractivity contribution in [3.05, 3.63) is 90.4 Å². The van der Waals surface area contributed by atoms with E-state index in [0.29, 0.717) is 0 Å². The Morgan fingerprint density at radius 3 is 2.11 bits per heavy atom. The van der Waals surface area contributed by atoms with Gasteiger partial charge in [-0.1, -0.05) is 84.4 Å². The van der Waals surface area contributed by atoms with E-state index in [4.69, 9.17) is 11.6 Å². The molecule has 92 valence electrons. The van der Waals surface area contributed by atoms with E-state index in [1.54, 1.807) is 0 Å². The Labute approximate surface area is 119 Å². The Bertz CT molecular complexity index is 604. The van der Waals surface area contributed by atoms with Gasteiger partial charge in [0.2, 0.25) is 6.71 Å². The van der Waals surface area contributed by atoms with Gasteiger partial charge in [-0.15, -0.1) is 17.6 Å². The van der Waals surface area contributed by atoms with Crippen LogP contribution in [-0.2, 0) is 4.77 Å². The van der Waals surface area contributed by atoms with Crippen molar-refractivity contribution in [2.24, 2.45) is 0 Å². The second kappa shape index (κ2) is 5.10. The van der Waals surface area contributed by atoms with Gasteiger partial charge < -0.3 is 0 Å². The van der Waals surface area contributed by atoms with Gasteiger partial charge >= 0.3 is 0 Å². The summed E-state index contributed by atoms with van der Waals surface area (Å²) in [5.41, 5.74) is 2.37. The van der Waals surface area contributed by atoms with Crippen LogP contribution in [0.3, 0.4) is 0 Å². The maximum Gasteiger partial charge on any atom is 0.234 e. The van der Waals surface area contributed by atoms with Crippen molar-refractivity contribution in [1.82, 2.24) is 0 Å². The number of allylic oxidation sites excluding steroid dienone is 3. The Balaban J connectivity index is 2.08. The highest BCUT2D eigenvalue weighted by molar-refractivity contribution is 6.87. The highest BCUT2D eigenvalue weighted by atomic mass is 35.5. The molecule has 2 heteroatoms. The molecule has 2 aromatic rings. The first kappa shape index (κ1) is 12.3. The molecule has 1 atom stereocenters. The smallest absolute Gasteiger partial charge is 0.118 e. The number of benzene rings is 2. The molecule has 0 amide bonds. The molecule has 0 nitrogen and oxygen atoms in total. The summed E-state index contributed by atoms with van der Waals surface area (Å²) in [6.07, 6.45) is 6.18. The predicted molar refractivity (Wildman–Crippen MR) is 84.1 cm³/mol. The minimum absolute atomic E-state index is 0.155. The van der Waals surface area contributed by atoms with Gasteiger partial charge in [-0.25, -0.2) is 0 Å². The predicted octanol–water partition coefficient (Wildman–Crippen LogP) is 3.73. The Morgan fingerprint density at radius 2 is 1.42 bits per heavy atom. The fourth-order valence-corrected chi connectivity index (χ4v) is 3.00. The average molecular weight is 265 g/mol. The summed E-state index contributed by atoms with van der Waals surface area (Å²) in [6.45, 7) is 0.155. The van der Waals surface area contributed by atoms with Gasteiger partial charge in [-0.2, -0.15) is 0 Å². The van der Waals surface area contributed by atoms with Crippen LogP contribution in [0.15, 0.2) is 84.9 Å². The van der Waals surface area contributed by atoms with E-state index in [-0.39, 0.29) is 6.71 Å². The van der Waals surface area contributed by atoms with Gasteiger partial charge in [0, 0.05) is 0 Å². The number of hydrogen-bond donors (Lipinski definition) is 0. The summed E-state index contributed by atoms with van der Waals surface area (Å²) in [5, 5.41) is 0. The molecule has 0 saturated carbocycles. The van der Waals surface area contributed by atoms with E-state index in [1.807, 2.05) is 30.3 Å². The maximum atomic E-state index is 6.96. The molecule has 1 unspecified atom stereocenters. The number of alkyl halides is 1. The van der Waals surface area contributed by atoms with Crippen LogP contribution in [0, 0.1) is 0 Å². The first-order valence-corrected chi connectivity index (χ1v) is 6.84. The van der Waals surface area contributed by atoms with Crippen LogP contribution in [0.25, 0.3) is 0 Å². The fraction of sp³-hybridized carbons (Fsp3) is 0.0588. The highest BCUT2D eigenvalue weighted by Crippen LogP contribution is 2.35. The molecule has 3 rings (SSSR count). The van der Waals surface area contributed by atoms with Crippen molar-refractivity contribution >= 4 is 23.8 Å². The Hall–Kier alpha value is -1.73. The minimum Gasteiger partial charge on any atom is -0.118 e. The standard InChI is InChI=1S/C17H14BCl/c19-17(15-9-3-1-4-10-15)13-7-8-14-18(17)16-11-5-2-6-12-16/h1-14H. The van der Waals surface area contributed by atoms with Crippen molar-refractivity contribution in [3.63, 3.8) is 0 Å². The van der Waals surface area contributed by atoms with Crippen LogP contribution in [0.4, 0.5) is 0 Å². The van der Waals surface area contributed by atoms with E-state index in [0.717, 1.165) is 5.56 Å². The van der Waals surface area contributed by atoms with Gasteiger partial charge in [0.05, 0.1) is 4.77 Å². The van der Waals surface area contributed by atoms with E-state index < -0.39 is 4.77 Å². The molecule has 0 aromatic heterocycles. The third-order valence-corrected chi connectivity index (χ3v) is 4.16. The molecule has 1 aliphatic rings. The van der Waals surface area contributed by atoms with Crippen LogP contribution in [0.1, 0.15) is 5.56 Å². The van der Waals surface area contributed by atoms with E-state index in [9.17, 15) is 0 Å². The van der Waals surface area contributed by atoms with Crippen molar-refractivity contribution < 1.29 is 0 Å². The van der Waals surface area contributed by atoms with Crippen LogP contribution < -0.4 is 5.46 Å². The molecular formula is C17H14BCl. The lowest BCUT2D eigenvalue weighted by atomic mass is 9.34. The van der Waals surface area contributed by atoms with Crippen LogP contribution in [-0.4, -0.2) is 6.71 Å². The van der Waals surface area contributed by atoms with Gasteiger partial charge in [-0.3, -0.25) is 0 Å². The molecule has 1 aliphatic heterocycles. The zero-order chi connectivity index (χ0) is 13.1. The third kappa shape index (κ3) is 2.26. The van der Waals surface area contributed by atoms with Crippen LogP contribution in [0.5, 0.6) is 0 Å². The molecule has 0 N–H and O–H groups in total. The van der Waals surface area contributed by atoms with Gasteiger partial charge in [0.25, 0.3) is 0 Å². The largest absolute Gasteiger partial charge is 0.234 e. The molecule has 0 aliphatic carbocycles. The molecule has 1 heterocycles. The molecule has 0 spiro atoms. The third-order valence-electron chi connectivity index (χ3n) is 3.58. The quantitative estimate of drug-likeness (QED) is 0.573. The maximum absolute atomic E-state index is 6.96. The zero-order valence-corrected chi connectivity index (χ0v) is 11.3. The van der Waals surface area contributed by atoms with Gasteiger partial charge in [0.15, 0.2) is 0 Å². The van der Waals surface area contributed by atoms with Crippen LogP contribution in [0.2, 0.25) is 0 Å². The monoisotopic (exact) mass is 264 g/mol. The molecule has 19 heavy (non-hydrogen) atoms. The van der Waals surface area contributed by atoms with E-state index in [2.05, 4.69) is 54.5 Å². The summed E-state index contributed by atoms with van der Waals surface area (Å²) in [5.74, 6) is 2.18. The molecule has 2 aromatic carbocycles. The first-order valence-electron chi connectivity index (χ1n) is 6.46. The lowest BCUT2D eigenvalue weighted by Gasteiger charge is -2.31. The normalized spacial score (nSPS) is 21.6. The zero-order valence-electron chi connectivity index (χ0n) is 10.5. The minimum atomic E-state index is -0.503. The second-order valence-electron chi connectivity index (χ2n) is 4.77.